The summed E-state index contributed by atoms with van der Waals surface area (Å²) in [5, 5.41) is 3.48. The van der Waals surface area contributed by atoms with Crippen LogP contribution < -0.4 is 10.1 Å². The van der Waals surface area contributed by atoms with Gasteiger partial charge < -0.3 is 10.1 Å². The van der Waals surface area contributed by atoms with Crippen molar-refractivity contribution in [3.05, 3.63) is 65.2 Å². The summed E-state index contributed by atoms with van der Waals surface area (Å²) in [4.78, 5) is 12.0. The molecule has 23 heavy (non-hydrogen) atoms. The molecule has 0 aliphatic heterocycles. The Labute approximate surface area is 146 Å². The molecule has 0 fully saturated rings. The van der Waals surface area contributed by atoms with Crippen molar-refractivity contribution in [1.29, 1.82) is 0 Å². The van der Waals surface area contributed by atoms with Gasteiger partial charge in [-0.05, 0) is 30.7 Å². The van der Waals surface area contributed by atoms with Crippen molar-refractivity contribution in [3.63, 3.8) is 0 Å². The van der Waals surface area contributed by atoms with Gasteiger partial charge >= 0.3 is 0 Å². The number of carbonyl (C=O) groups excluding carboxylic acids is 1. The number of ether oxygens (including phenoxy) is 1. The van der Waals surface area contributed by atoms with Gasteiger partial charge in [0, 0.05) is 23.1 Å². The zero-order chi connectivity index (χ0) is 16.5. The number of hydrogen-bond acceptors (Lipinski definition) is 3. The fourth-order valence-electron chi connectivity index (χ4n) is 1.95. The van der Waals surface area contributed by atoms with Crippen molar-refractivity contribution in [2.24, 2.45) is 0 Å². The Balaban J connectivity index is 1.64. The van der Waals surface area contributed by atoms with Crippen LogP contribution in [0, 0.1) is 0 Å². The maximum absolute atomic E-state index is 12.0. The van der Waals surface area contributed by atoms with Crippen LogP contribution in [0.4, 0.5) is 0 Å². The number of nitrogens with one attached hydrogen (secondary N) is 1. The Kier molecular flexibility index (Phi) is 7.30. The van der Waals surface area contributed by atoms with Crippen LogP contribution >= 0.6 is 23.4 Å². The molecule has 0 saturated heterocycles. The molecular formula is C18H20ClNO2S. The predicted molar refractivity (Wildman–Crippen MR) is 97.2 cm³/mol. The van der Waals surface area contributed by atoms with Crippen LogP contribution in [0.3, 0.4) is 0 Å². The molecule has 2 aromatic carbocycles. The van der Waals surface area contributed by atoms with Crippen LogP contribution in [0.5, 0.6) is 5.75 Å². The zero-order valence-corrected chi connectivity index (χ0v) is 14.6. The van der Waals surface area contributed by atoms with E-state index < -0.39 is 6.10 Å². The quantitative estimate of drug-likeness (QED) is 0.727. The van der Waals surface area contributed by atoms with Gasteiger partial charge in [0.2, 0.25) is 0 Å². The average Bonchev–Trinajstić information content (AvgIpc) is 2.55. The van der Waals surface area contributed by atoms with E-state index in [1.54, 1.807) is 43.0 Å². The lowest BCUT2D eigenvalue weighted by Crippen LogP contribution is -2.37. The monoisotopic (exact) mass is 349 g/mol. The van der Waals surface area contributed by atoms with Gasteiger partial charge in [-0.1, -0.05) is 48.0 Å². The van der Waals surface area contributed by atoms with Crippen molar-refractivity contribution < 1.29 is 9.53 Å². The van der Waals surface area contributed by atoms with Gasteiger partial charge in [0.25, 0.3) is 5.91 Å². The summed E-state index contributed by atoms with van der Waals surface area (Å²) in [6, 6.07) is 17.3. The molecule has 0 spiro atoms. The summed E-state index contributed by atoms with van der Waals surface area (Å²) in [6.45, 7) is 2.35. The van der Waals surface area contributed by atoms with E-state index in [-0.39, 0.29) is 5.91 Å². The Morgan fingerprint density at radius 3 is 2.74 bits per heavy atom. The molecule has 0 saturated carbocycles. The first-order chi connectivity index (χ1) is 11.1. The molecule has 0 aliphatic carbocycles. The van der Waals surface area contributed by atoms with Gasteiger partial charge in [0.15, 0.2) is 6.10 Å². The highest BCUT2D eigenvalue weighted by molar-refractivity contribution is 7.98. The van der Waals surface area contributed by atoms with Crippen LogP contribution in [-0.4, -0.2) is 24.3 Å². The Morgan fingerprint density at radius 2 is 2.00 bits per heavy atom. The minimum Gasteiger partial charge on any atom is -0.481 e. The lowest BCUT2D eigenvalue weighted by Gasteiger charge is -2.14. The van der Waals surface area contributed by atoms with E-state index in [0.717, 1.165) is 11.5 Å². The fourth-order valence-corrected chi connectivity index (χ4v) is 2.95. The van der Waals surface area contributed by atoms with Crippen LogP contribution in [0.1, 0.15) is 12.5 Å². The molecule has 1 N–H and O–H groups in total. The second kappa shape index (κ2) is 9.48. The maximum Gasteiger partial charge on any atom is 0.260 e. The highest BCUT2D eigenvalue weighted by Gasteiger charge is 2.13. The third-order valence-corrected chi connectivity index (χ3v) is 4.40. The standard InChI is InChI=1S/C18H20ClNO2S/c1-14(22-17-9-5-8-16(19)12-17)18(21)20-10-11-23-13-15-6-3-2-4-7-15/h2-9,12,14H,10-11,13H2,1H3,(H,20,21)/t14-/m0/s1. The second-order valence-electron chi connectivity index (χ2n) is 5.05. The maximum atomic E-state index is 12.0. The number of amides is 1. The molecule has 0 heterocycles. The van der Waals surface area contributed by atoms with E-state index >= 15 is 0 Å². The topological polar surface area (TPSA) is 38.3 Å². The lowest BCUT2D eigenvalue weighted by molar-refractivity contribution is -0.127. The van der Waals surface area contributed by atoms with Crippen molar-refractivity contribution in [1.82, 2.24) is 5.32 Å². The third-order valence-electron chi connectivity index (χ3n) is 3.14. The van der Waals surface area contributed by atoms with E-state index in [2.05, 4.69) is 17.4 Å². The molecule has 2 rings (SSSR count). The van der Waals surface area contributed by atoms with E-state index in [9.17, 15) is 4.79 Å². The second-order valence-corrected chi connectivity index (χ2v) is 6.59. The molecule has 0 aromatic heterocycles. The summed E-state index contributed by atoms with van der Waals surface area (Å²) in [7, 11) is 0. The first-order valence-electron chi connectivity index (χ1n) is 7.47. The first-order valence-corrected chi connectivity index (χ1v) is 9.00. The van der Waals surface area contributed by atoms with E-state index in [1.165, 1.54) is 5.56 Å². The molecule has 5 heteroatoms. The predicted octanol–water partition coefficient (Wildman–Crippen LogP) is 4.16. The number of halogens is 1. The highest BCUT2D eigenvalue weighted by atomic mass is 35.5. The summed E-state index contributed by atoms with van der Waals surface area (Å²) < 4.78 is 5.58. The molecule has 2 aromatic rings. The van der Waals surface area contributed by atoms with E-state index in [4.69, 9.17) is 16.3 Å². The van der Waals surface area contributed by atoms with Crippen molar-refractivity contribution in [3.8, 4) is 5.75 Å². The third kappa shape index (κ3) is 6.55. The number of hydrogen-bond donors (Lipinski definition) is 1. The molecule has 0 unspecified atom stereocenters. The number of carbonyl (C=O) groups is 1. The van der Waals surface area contributed by atoms with Crippen molar-refractivity contribution in [2.75, 3.05) is 12.3 Å². The molecule has 0 radical (unpaired) electrons. The largest absolute Gasteiger partial charge is 0.481 e. The van der Waals surface area contributed by atoms with Crippen molar-refractivity contribution in [2.45, 2.75) is 18.8 Å². The fraction of sp³-hybridized carbons (Fsp3) is 0.278. The summed E-state index contributed by atoms with van der Waals surface area (Å²) in [5.74, 6) is 2.29. The van der Waals surface area contributed by atoms with Crippen LogP contribution in [0.2, 0.25) is 5.02 Å². The van der Waals surface area contributed by atoms with Gasteiger partial charge in [-0.3, -0.25) is 4.79 Å². The average molecular weight is 350 g/mol. The SMILES string of the molecule is C[C@H](Oc1cccc(Cl)c1)C(=O)NCCSCc1ccccc1. The molecule has 3 nitrogen and oxygen atoms in total. The molecule has 1 amide bonds. The van der Waals surface area contributed by atoms with E-state index in [0.29, 0.717) is 17.3 Å². The van der Waals surface area contributed by atoms with E-state index in [1.807, 2.05) is 18.2 Å². The highest BCUT2D eigenvalue weighted by Crippen LogP contribution is 2.18. The Hall–Kier alpha value is -1.65. The summed E-state index contributed by atoms with van der Waals surface area (Å²) >= 11 is 7.69. The molecule has 0 bridgehead atoms. The first kappa shape index (κ1) is 17.7. The minimum atomic E-state index is -0.549. The van der Waals surface area contributed by atoms with Gasteiger partial charge in [0.05, 0.1) is 0 Å². The lowest BCUT2D eigenvalue weighted by atomic mass is 10.2. The van der Waals surface area contributed by atoms with Gasteiger partial charge in [-0.2, -0.15) is 11.8 Å². The minimum absolute atomic E-state index is 0.120. The number of benzene rings is 2. The van der Waals surface area contributed by atoms with Crippen LogP contribution in [0.15, 0.2) is 54.6 Å². The zero-order valence-electron chi connectivity index (χ0n) is 13.0. The van der Waals surface area contributed by atoms with Gasteiger partial charge in [-0.25, -0.2) is 0 Å². The van der Waals surface area contributed by atoms with Gasteiger partial charge in [0.1, 0.15) is 5.75 Å². The summed E-state index contributed by atoms with van der Waals surface area (Å²) in [6.07, 6.45) is -0.549. The smallest absolute Gasteiger partial charge is 0.260 e. The molecule has 1 atom stereocenters. The summed E-state index contributed by atoms with van der Waals surface area (Å²) in [5.41, 5.74) is 1.29. The number of rotatable bonds is 8. The number of thioether (sulfide) groups is 1. The van der Waals surface area contributed by atoms with Crippen LogP contribution in [-0.2, 0) is 10.5 Å². The Bertz CT molecular complexity index is 621. The molecular weight excluding hydrogens is 330 g/mol. The van der Waals surface area contributed by atoms with Gasteiger partial charge in [-0.15, -0.1) is 0 Å². The molecule has 122 valence electrons. The normalized spacial score (nSPS) is 11.7. The van der Waals surface area contributed by atoms with Crippen molar-refractivity contribution >= 4 is 29.3 Å². The molecule has 0 aliphatic rings. The Morgan fingerprint density at radius 1 is 1.22 bits per heavy atom. The van der Waals surface area contributed by atoms with Crippen LogP contribution in [0.25, 0.3) is 0 Å².